The summed E-state index contributed by atoms with van der Waals surface area (Å²) >= 11 is 0. The van der Waals surface area contributed by atoms with Gasteiger partial charge in [0.25, 0.3) is 0 Å². The lowest BCUT2D eigenvalue weighted by Gasteiger charge is -2.52. The van der Waals surface area contributed by atoms with E-state index in [9.17, 15) is 35.1 Å². The molecule has 68 heavy (non-hydrogen) atoms. The summed E-state index contributed by atoms with van der Waals surface area (Å²) in [6, 6.07) is 6.63. The van der Waals surface area contributed by atoms with Crippen LogP contribution in [-0.4, -0.2) is 74.2 Å². The number of fused-ring (bicyclic) bond motifs is 10. The molecular formula is C54H62N4O10. The van der Waals surface area contributed by atoms with Gasteiger partial charge in [0.05, 0.1) is 17.8 Å². The number of ether oxygens (including phenoxy) is 2. The summed E-state index contributed by atoms with van der Waals surface area (Å²) in [4.78, 5) is 29.2. The smallest absolute Gasteiger partial charge is 0.337 e. The number of aromatic hydroxyl groups is 2. The highest BCUT2D eigenvalue weighted by Crippen LogP contribution is 2.61. The van der Waals surface area contributed by atoms with Gasteiger partial charge < -0.3 is 55.8 Å². The molecule has 3 aliphatic carbocycles. The molecule has 8 aliphatic rings. The number of phenolic OH excluding ortho intramolecular Hbond substituents is 2. The fraction of sp³-hybridized carbons (Fsp3) is 0.481. The Morgan fingerprint density at radius 2 is 1.90 bits per heavy atom. The fourth-order valence-corrected chi connectivity index (χ4v) is 13.7. The summed E-state index contributed by atoms with van der Waals surface area (Å²) in [5, 5.41) is 68.7. The summed E-state index contributed by atoms with van der Waals surface area (Å²) < 4.78 is 21.1. The van der Waals surface area contributed by atoms with Crippen molar-refractivity contribution in [2.75, 3.05) is 13.2 Å². The van der Waals surface area contributed by atoms with Crippen molar-refractivity contribution in [3.8, 4) is 17.2 Å². The average molecular weight is 927 g/mol. The molecule has 2 saturated carbocycles. The summed E-state index contributed by atoms with van der Waals surface area (Å²) in [5.41, 5.74) is 11.6. The van der Waals surface area contributed by atoms with Gasteiger partial charge in [0.15, 0.2) is 5.43 Å². The van der Waals surface area contributed by atoms with Crippen LogP contribution in [0.3, 0.4) is 0 Å². The highest BCUT2D eigenvalue weighted by molar-refractivity contribution is 5.93. The van der Waals surface area contributed by atoms with Crippen LogP contribution in [0.15, 0.2) is 103 Å². The van der Waals surface area contributed by atoms with Crippen molar-refractivity contribution in [1.82, 2.24) is 16.0 Å². The van der Waals surface area contributed by atoms with Gasteiger partial charge in [0, 0.05) is 60.2 Å². The van der Waals surface area contributed by atoms with E-state index in [1.165, 1.54) is 11.1 Å². The van der Waals surface area contributed by atoms with Crippen LogP contribution in [0.1, 0.15) is 112 Å². The first kappa shape index (κ1) is 44.7. The molecule has 14 nitrogen and oxygen atoms in total. The highest BCUT2D eigenvalue weighted by atomic mass is 16.6. The summed E-state index contributed by atoms with van der Waals surface area (Å²) in [6.07, 6.45) is 14.6. The van der Waals surface area contributed by atoms with Crippen molar-refractivity contribution in [3.05, 3.63) is 132 Å². The van der Waals surface area contributed by atoms with Gasteiger partial charge in [0.1, 0.15) is 64.3 Å². The number of aryl methyl sites for hydroxylation is 1. The van der Waals surface area contributed by atoms with Crippen LogP contribution in [0.25, 0.3) is 11.0 Å². The molecule has 2 aromatic carbocycles. The average Bonchev–Trinajstić information content (AvgIpc) is 3.68. The van der Waals surface area contributed by atoms with E-state index in [0.29, 0.717) is 62.0 Å². The Labute approximate surface area is 395 Å². The van der Waals surface area contributed by atoms with Gasteiger partial charge in [-0.1, -0.05) is 43.2 Å². The maximum atomic E-state index is 14.9. The standard InChI is InChI=1S/C54H62N4O10/c1-4-39(54(65)16-5-6-17-54)52(64)67-42-22-37-47(63)45-41(62)21-30(24-59)66-49(45)46-43-35-15-18-56-50(55)44(35)33(12-9-27-8-10-29(61)20-36(27)38(43)25-60)32-14-13-31-28(19-40(32)53(42,3)68-48(37)46)23-57-51-34(31)11-7-26(2)58-51/h4,7-8,10-11,15,20-21,23,26,32-33,38,40,42-43,51,56-61,63,65H,5-6,9,12-14,16-19,22,24-25,55H2,1-3H3/b39-4+/t26-,32-,33-,38-,40+,42-,43-,51?,53+/m1/s1. The number of nitrogens with one attached hydrogen (secondary N) is 3. The van der Waals surface area contributed by atoms with E-state index in [4.69, 9.17) is 19.6 Å². The molecule has 5 aliphatic heterocycles. The minimum Gasteiger partial charge on any atom is -0.508 e. The lowest BCUT2D eigenvalue weighted by molar-refractivity contribution is -0.171. The van der Waals surface area contributed by atoms with Crippen LogP contribution >= 0.6 is 0 Å². The number of dihydropyridines is 2. The number of hydrogen-bond acceptors (Lipinski definition) is 14. The van der Waals surface area contributed by atoms with Crippen molar-refractivity contribution in [3.63, 3.8) is 0 Å². The van der Waals surface area contributed by atoms with Crippen LogP contribution < -0.4 is 31.8 Å². The van der Waals surface area contributed by atoms with Crippen LogP contribution in [-0.2, 0) is 29.0 Å². The third-order valence-electron chi connectivity index (χ3n) is 17.0. The Bertz CT molecular complexity index is 2880. The Balaban J connectivity index is 1.24. The molecule has 3 aromatic rings. The normalized spacial score (nSPS) is 31.4. The Morgan fingerprint density at radius 3 is 2.66 bits per heavy atom. The molecule has 1 aromatic heterocycles. The molecule has 14 heteroatoms. The van der Waals surface area contributed by atoms with E-state index in [-0.39, 0.29) is 75.7 Å². The van der Waals surface area contributed by atoms with Gasteiger partial charge >= 0.3 is 5.97 Å². The van der Waals surface area contributed by atoms with Crippen LogP contribution in [0.2, 0.25) is 0 Å². The number of benzene rings is 2. The number of allylic oxidation sites excluding steroid dienone is 5. The van der Waals surface area contributed by atoms with Gasteiger partial charge in [-0.2, -0.15) is 0 Å². The monoisotopic (exact) mass is 926 g/mol. The summed E-state index contributed by atoms with van der Waals surface area (Å²) in [6.45, 7) is 5.21. The molecule has 2 fully saturated rings. The molecule has 0 amide bonds. The molecule has 0 spiro atoms. The van der Waals surface area contributed by atoms with E-state index in [1.807, 2.05) is 13.0 Å². The number of carbonyl (C=O) groups excluding carboxylic acids is 1. The first-order valence-corrected chi connectivity index (χ1v) is 24.5. The fourth-order valence-electron chi connectivity index (χ4n) is 13.7. The lowest BCUT2D eigenvalue weighted by atomic mass is 9.61. The zero-order valence-corrected chi connectivity index (χ0v) is 38.9. The predicted molar refractivity (Wildman–Crippen MR) is 254 cm³/mol. The molecule has 1 unspecified atom stereocenters. The van der Waals surface area contributed by atoms with E-state index in [2.05, 4.69) is 47.3 Å². The first-order chi connectivity index (χ1) is 32.8. The highest BCUT2D eigenvalue weighted by Gasteiger charge is 2.58. The van der Waals surface area contributed by atoms with Gasteiger partial charge in [-0.05, 0) is 129 Å². The molecule has 4 bridgehead atoms. The zero-order valence-electron chi connectivity index (χ0n) is 38.9. The van der Waals surface area contributed by atoms with Crippen molar-refractivity contribution >= 4 is 16.9 Å². The van der Waals surface area contributed by atoms with Crippen LogP contribution in [0.4, 0.5) is 0 Å². The van der Waals surface area contributed by atoms with E-state index >= 15 is 0 Å². The maximum absolute atomic E-state index is 14.9. The molecule has 0 saturated heterocycles. The van der Waals surface area contributed by atoms with E-state index < -0.39 is 59.5 Å². The van der Waals surface area contributed by atoms with Gasteiger partial charge in [-0.3, -0.25) is 10.1 Å². The topological polar surface area (TPSA) is 229 Å². The minimum absolute atomic E-state index is 0.00499. The third-order valence-corrected chi connectivity index (χ3v) is 17.0. The van der Waals surface area contributed by atoms with Crippen molar-refractivity contribution < 1.29 is 44.2 Å². The van der Waals surface area contributed by atoms with E-state index in [0.717, 1.165) is 47.6 Å². The Kier molecular flexibility index (Phi) is 11.0. The molecule has 358 valence electrons. The third kappa shape index (κ3) is 6.87. The number of rotatable bonds is 5. The van der Waals surface area contributed by atoms with Crippen LogP contribution in [0.5, 0.6) is 17.2 Å². The zero-order chi connectivity index (χ0) is 47.4. The van der Waals surface area contributed by atoms with Crippen molar-refractivity contribution in [1.29, 1.82) is 0 Å². The molecular weight excluding hydrogens is 865 g/mol. The van der Waals surface area contributed by atoms with Gasteiger partial charge in [-0.25, -0.2) is 4.79 Å². The molecule has 0 radical (unpaired) electrons. The first-order valence-electron chi connectivity index (χ1n) is 24.5. The number of carbonyl (C=O) groups is 1. The SMILES string of the molecule is C/C=C(\C(=O)O[C@@H]1Cc2c3c(c4oc(CO)cc(=O)c4c2O)[C@@H]2C4=CCNC(N)=C4[C@H](CCc4ccc(O)cc4[C@H]2CO)[C@H]2CCC4=C5C=C[C@@H](C)NC5NC=C4C[C@@H]2[C@]1(C)O3)C1(O)CCCC1. The van der Waals surface area contributed by atoms with E-state index in [1.54, 1.807) is 25.1 Å². The number of aliphatic hydroxyl groups excluding tert-OH is 2. The lowest BCUT2D eigenvalue weighted by Crippen LogP contribution is -2.59. The second kappa shape index (κ2) is 16.7. The summed E-state index contributed by atoms with van der Waals surface area (Å²) in [7, 11) is 0. The number of esters is 1. The predicted octanol–water partition coefficient (Wildman–Crippen LogP) is 5.76. The largest absolute Gasteiger partial charge is 0.508 e. The van der Waals surface area contributed by atoms with Crippen LogP contribution in [0, 0.1) is 17.8 Å². The second-order valence-electron chi connectivity index (χ2n) is 20.5. The quantitative estimate of drug-likeness (QED) is 0.110. The number of phenols is 2. The van der Waals surface area contributed by atoms with Crippen molar-refractivity contribution in [2.24, 2.45) is 23.5 Å². The number of hydrogen-bond donors (Lipinski definition) is 9. The Hall–Kier alpha value is -5.80. The summed E-state index contributed by atoms with van der Waals surface area (Å²) in [5.74, 6) is -2.75. The molecule has 9 atom stereocenters. The van der Waals surface area contributed by atoms with Gasteiger partial charge in [0.2, 0.25) is 0 Å². The molecule has 11 rings (SSSR count). The molecule has 6 heterocycles. The van der Waals surface area contributed by atoms with Gasteiger partial charge in [-0.15, -0.1) is 0 Å². The van der Waals surface area contributed by atoms with Crippen molar-refractivity contribution in [2.45, 2.75) is 133 Å². The minimum atomic E-state index is -1.36. The second-order valence-corrected chi connectivity index (χ2v) is 20.5. The Morgan fingerprint density at radius 1 is 1.09 bits per heavy atom. The maximum Gasteiger partial charge on any atom is 0.337 e. The number of aliphatic hydroxyl groups is 3. The molecule has 10 N–H and O–H groups in total. The number of nitrogens with two attached hydrogens (primary N) is 1.